The van der Waals surface area contributed by atoms with E-state index in [0.717, 1.165) is 29.9 Å². The van der Waals surface area contributed by atoms with Crippen molar-refractivity contribution in [3.05, 3.63) is 35.1 Å². The second kappa shape index (κ2) is 5.19. The van der Waals surface area contributed by atoms with Crippen LogP contribution in [0.2, 0.25) is 5.15 Å². The zero-order valence-corrected chi connectivity index (χ0v) is 10.6. The molecule has 0 amide bonds. The maximum atomic E-state index is 5.85. The van der Waals surface area contributed by atoms with Crippen molar-refractivity contribution in [2.24, 2.45) is 0 Å². The molecular formula is C12H13ClN4. The van der Waals surface area contributed by atoms with Crippen molar-refractivity contribution in [2.45, 2.75) is 26.7 Å². The fourth-order valence-corrected chi connectivity index (χ4v) is 1.70. The van der Waals surface area contributed by atoms with Gasteiger partial charge >= 0.3 is 0 Å². The van der Waals surface area contributed by atoms with Crippen molar-refractivity contribution < 1.29 is 0 Å². The molecule has 0 N–H and O–H groups in total. The summed E-state index contributed by atoms with van der Waals surface area (Å²) in [5, 5.41) is 0.369. The molecule has 2 rings (SSSR count). The predicted molar refractivity (Wildman–Crippen MR) is 66.8 cm³/mol. The van der Waals surface area contributed by atoms with Gasteiger partial charge in [-0.05, 0) is 13.3 Å². The van der Waals surface area contributed by atoms with E-state index >= 15 is 0 Å². The van der Waals surface area contributed by atoms with E-state index in [9.17, 15) is 0 Å². The Bertz CT molecular complexity index is 528. The van der Waals surface area contributed by atoms with Gasteiger partial charge in [-0.1, -0.05) is 24.9 Å². The summed E-state index contributed by atoms with van der Waals surface area (Å²) in [5.41, 5.74) is 3.19. The predicted octanol–water partition coefficient (Wildman–Crippen LogP) is 2.85. The highest BCUT2D eigenvalue weighted by molar-refractivity contribution is 6.29. The van der Waals surface area contributed by atoms with E-state index in [4.69, 9.17) is 11.6 Å². The Morgan fingerprint density at radius 1 is 1.18 bits per heavy atom. The van der Waals surface area contributed by atoms with Crippen LogP contribution in [-0.2, 0) is 6.42 Å². The first-order valence-electron chi connectivity index (χ1n) is 5.51. The molecule has 17 heavy (non-hydrogen) atoms. The smallest absolute Gasteiger partial charge is 0.148 e. The standard InChI is InChI=1S/C12H13ClN4/c1-3-4-9-5-14-6-10(16-9)12-8(2)15-7-11(13)17-12/h5-7H,3-4H2,1-2H3. The van der Waals surface area contributed by atoms with Crippen molar-refractivity contribution in [3.63, 3.8) is 0 Å². The van der Waals surface area contributed by atoms with Gasteiger partial charge in [0.05, 0.1) is 23.8 Å². The molecule has 2 heterocycles. The average Bonchev–Trinajstić information content (AvgIpc) is 2.33. The third-order valence-corrected chi connectivity index (χ3v) is 2.54. The minimum absolute atomic E-state index is 0.369. The maximum absolute atomic E-state index is 5.85. The molecule has 4 nitrogen and oxygen atoms in total. The topological polar surface area (TPSA) is 51.6 Å². The van der Waals surface area contributed by atoms with E-state index in [2.05, 4.69) is 26.9 Å². The van der Waals surface area contributed by atoms with E-state index in [1.165, 1.54) is 6.20 Å². The molecule has 0 aliphatic rings. The number of halogens is 1. The Morgan fingerprint density at radius 2 is 2.00 bits per heavy atom. The highest BCUT2D eigenvalue weighted by Gasteiger charge is 2.08. The number of aromatic nitrogens is 4. The average molecular weight is 249 g/mol. The molecule has 0 aliphatic heterocycles. The van der Waals surface area contributed by atoms with Crippen LogP contribution in [0.15, 0.2) is 18.6 Å². The van der Waals surface area contributed by atoms with Crippen molar-refractivity contribution in [1.29, 1.82) is 0 Å². The molecule has 0 unspecified atom stereocenters. The fraction of sp³-hybridized carbons (Fsp3) is 0.333. The summed E-state index contributed by atoms with van der Waals surface area (Å²) >= 11 is 5.85. The van der Waals surface area contributed by atoms with Crippen LogP contribution in [0.5, 0.6) is 0 Å². The number of aryl methyl sites for hydroxylation is 2. The summed E-state index contributed by atoms with van der Waals surface area (Å²) in [4.78, 5) is 17.1. The summed E-state index contributed by atoms with van der Waals surface area (Å²) < 4.78 is 0. The summed E-state index contributed by atoms with van der Waals surface area (Å²) in [6, 6.07) is 0. The molecule has 0 spiro atoms. The molecule has 88 valence electrons. The Balaban J connectivity index is 2.45. The molecule has 5 heteroatoms. The number of hydrogen-bond donors (Lipinski definition) is 0. The quantitative estimate of drug-likeness (QED) is 0.838. The van der Waals surface area contributed by atoms with Crippen LogP contribution >= 0.6 is 11.6 Å². The number of nitrogens with zero attached hydrogens (tertiary/aromatic N) is 4. The number of hydrogen-bond acceptors (Lipinski definition) is 4. The van der Waals surface area contributed by atoms with Gasteiger partial charge in [0.1, 0.15) is 16.5 Å². The lowest BCUT2D eigenvalue weighted by Gasteiger charge is -2.05. The lowest BCUT2D eigenvalue weighted by Crippen LogP contribution is -1.98. The van der Waals surface area contributed by atoms with Gasteiger partial charge in [-0.25, -0.2) is 9.97 Å². The zero-order chi connectivity index (χ0) is 12.3. The van der Waals surface area contributed by atoms with Crippen LogP contribution in [0.25, 0.3) is 11.4 Å². The fourth-order valence-electron chi connectivity index (χ4n) is 1.57. The molecule has 0 bridgehead atoms. The molecule has 0 saturated heterocycles. The van der Waals surface area contributed by atoms with E-state index in [1.807, 2.05) is 6.92 Å². The van der Waals surface area contributed by atoms with Crippen LogP contribution in [0.3, 0.4) is 0 Å². The Kier molecular flexibility index (Phi) is 3.64. The Morgan fingerprint density at radius 3 is 2.76 bits per heavy atom. The Hall–Kier alpha value is -1.55. The number of rotatable bonds is 3. The van der Waals surface area contributed by atoms with E-state index < -0.39 is 0 Å². The summed E-state index contributed by atoms with van der Waals surface area (Å²) in [6.07, 6.45) is 6.95. The largest absolute Gasteiger partial charge is 0.260 e. The molecule has 0 fully saturated rings. The molecule has 0 radical (unpaired) electrons. The van der Waals surface area contributed by atoms with Gasteiger partial charge in [0.25, 0.3) is 0 Å². The molecule has 2 aromatic rings. The first-order chi connectivity index (χ1) is 8.20. The minimum atomic E-state index is 0.369. The van der Waals surface area contributed by atoms with Gasteiger partial charge in [-0.3, -0.25) is 9.97 Å². The van der Waals surface area contributed by atoms with Gasteiger partial charge < -0.3 is 0 Å². The van der Waals surface area contributed by atoms with Gasteiger partial charge in [-0.15, -0.1) is 0 Å². The lowest BCUT2D eigenvalue weighted by atomic mass is 10.2. The SMILES string of the molecule is CCCc1cncc(-c2nc(Cl)cnc2C)n1. The Labute approximate surface area is 105 Å². The van der Waals surface area contributed by atoms with Crippen molar-refractivity contribution in [2.75, 3.05) is 0 Å². The molecule has 0 atom stereocenters. The summed E-state index contributed by atoms with van der Waals surface area (Å²) in [5.74, 6) is 0. The van der Waals surface area contributed by atoms with Gasteiger partial charge in [0.2, 0.25) is 0 Å². The molecule has 2 aromatic heterocycles. The third kappa shape index (κ3) is 2.77. The van der Waals surface area contributed by atoms with E-state index in [-0.39, 0.29) is 0 Å². The second-order valence-corrected chi connectivity index (χ2v) is 4.16. The van der Waals surface area contributed by atoms with Crippen LogP contribution in [0, 0.1) is 6.92 Å². The van der Waals surface area contributed by atoms with Crippen molar-refractivity contribution in [1.82, 2.24) is 19.9 Å². The first-order valence-corrected chi connectivity index (χ1v) is 5.89. The molecule has 0 saturated carbocycles. The van der Waals surface area contributed by atoms with Crippen LogP contribution in [-0.4, -0.2) is 19.9 Å². The highest BCUT2D eigenvalue weighted by atomic mass is 35.5. The first kappa shape index (κ1) is 11.9. The lowest BCUT2D eigenvalue weighted by molar-refractivity contribution is 0.870. The van der Waals surface area contributed by atoms with E-state index in [1.54, 1.807) is 12.4 Å². The monoisotopic (exact) mass is 248 g/mol. The van der Waals surface area contributed by atoms with E-state index in [0.29, 0.717) is 10.8 Å². The van der Waals surface area contributed by atoms with Crippen molar-refractivity contribution >= 4 is 11.6 Å². The summed E-state index contributed by atoms with van der Waals surface area (Å²) in [7, 11) is 0. The molecular weight excluding hydrogens is 236 g/mol. The van der Waals surface area contributed by atoms with Gasteiger partial charge in [-0.2, -0.15) is 0 Å². The van der Waals surface area contributed by atoms with Crippen molar-refractivity contribution in [3.8, 4) is 11.4 Å². The van der Waals surface area contributed by atoms with Crippen LogP contribution in [0.4, 0.5) is 0 Å². The zero-order valence-electron chi connectivity index (χ0n) is 9.81. The summed E-state index contributed by atoms with van der Waals surface area (Å²) in [6.45, 7) is 3.99. The van der Waals surface area contributed by atoms with Crippen LogP contribution in [0.1, 0.15) is 24.7 Å². The van der Waals surface area contributed by atoms with Crippen LogP contribution < -0.4 is 0 Å². The second-order valence-electron chi connectivity index (χ2n) is 3.77. The molecule has 0 aromatic carbocycles. The van der Waals surface area contributed by atoms with Gasteiger partial charge in [0.15, 0.2) is 0 Å². The minimum Gasteiger partial charge on any atom is -0.260 e. The maximum Gasteiger partial charge on any atom is 0.148 e. The molecule has 0 aliphatic carbocycles. The van der Waals surface area contributed by atoms with Gasteiger partial charge in [0, 0.05) is 6.20 Å². The normalized spacial score (nSPS) is 10.5. The highest BCUT2D eigenvalue weighted by Crippen LogP contribution is 2.19. The third-order valence-electron chi connectivity index (χ3n) is 2.36.